The molecule has 32 heavy (non-hydrogen) atoms. The first-order valence-corrected chi connectivity index (χ1v) is 10.9. The molecule has 2 aromatic carbocycles. The summed E-state index contributed by atoms with van der Waals surface area (Å²) >= 11 is 0. The van der Waals surface area contributed by atoms with Gasteiger partial charge in [0, 0.05) is 44.9 Å². The van der Waals surface area contributed by atoms with Crippen molar-refractivity contribution in [3.8, 4) is 11.1 Å². The second-order valence-electron chi connectivity index (χ2n) is 8.04. The number of carbonyl (C=O) groups is 2. The van der Waals surface area contributed by atoms with E-state index in [9.17, 15) is 9.59 Å². The lowest BCUT2D eigenvalue weighted by Gasteiger charge is -2.32. The average molecular weight is 435 g/mol. The minimum absolute atomic E-state index is 0.558. The molecule has 0 atom stereocenters. The highest BCUT2D eigenvalue weighted by Crippen LogP contribution is 2.36. The number of rotatable bonds is 6. The first-order valence-electron chi connectivity index (χ1n) is 10.9. The van der Waals surface area contributed by atoms with Gasteiger partial charge in [-0.2, -0.15) is 0 Å². The second kappa shape index (κ2) is 11.4. The first kappa shape index (κ1) is 23.4. The third-order valence-corrected chi connectivity index (χ3v) is 5.82. The molecule has 4 rings (SSSR count). The van der Waals surface area contributed by atoms with E-state index in [0.29, 0.717) is 12.2 Å². The quantitative estimate of drug-likeness (QED) is 0.676. The van der Waals surface area contributed by atoms with Gasteiger partial charge in [-0.3, -0.25) is 0 Å². The van der Waals surface area contributed by atoms with Gasteiger partial charge in [0.25, 0.3) is 0 Å². The fraction of sp³-hybridized carbons (Fsp3) is 0.308. The molecule has 1 saturated heterocycles. The number of piperazine rings is 1. The Balaban J connectivity index is 0.000000312. The van der Waals surface area contributed by atoms with Crippen molar-refractivity contribution in [2.24, 2.45) is 0 Å². The molecule has 6 heteroatoms. The highest BCUT2D eigenvalue weighted by Gasteiger charge is 2.19. The van der Waals surface area contributed by atoms with E-state index in [0.717, 1.165) is 6.42 Å². The average Bonchev–Trinajstić information content (AvgIpc) is 3.21. The van der Waals surface area contributed by atoms with Gasteiger partial charge in [0.2, 0.25) is 0 Å². The molecule has 1 aliphatic carbocycles. The molecule has 0 radical (unpaired) electrons. The summed E-state index contributed by atoms with van der Waals surface area (Å²) in [4.78, 5) is 24.1. The fourth-order valence-corrected chi connectivity index (χ4v) is 4.06. The van der Waals surface area contributed by atoms with Gasteiger partial charge in [0.1, 0.15) is 0 Å². The summed E-state index contributed by atoms with van der Waals surface area (Å²) in [5, 5.41) is 15.6. The summed E-state index contributed by atoms with van der Waals surface area (Å²) in [6.07, 6.45) is 5.82. The number of hydrogen-bond donors (Lipinski definition) is 2. The van der Waals surface area contributed by atoms with E-state index in [-0.39, 0.29) is 0 Å². The Morgan fingerprint density at radius 3 is 2.12 bits per heavy atom. The number of aliphatic carboxylic acids is 2. The molecule has 0 saturated carbocycles. The lowest BCUT2D eigenvalue weighted by molar-refractivity contribution is -0.134. The van der Waals surface area contributed by atoms with E-state index >= 15 is 0 Å². The van der Waals surface area contributed by atoms with Gasteiger partial charge < -0.3 is 20.0 Å². The standard InChI is InChI=1S/C22H26N2.C4H4O4/c1-23-14-16-24(17-15-23)13-12-19-10-11-22-20(8-5-9-21(19)22)18-6-3-2-4-7-18;5-3(6)1-2-4(7)8/h2-10H,11-17H2,1H3;1-2H,(H,5,6)(H,7,8). The second-order valence-corrected chi connectivity index (χ2v) is 8.04. The number of carboxylic acids is 2. The number of allylic oxidation sites excluding steroid dienone is 1. The maximum atomic E-state index is 9.55. The van der Waals surface area contributed by atoms with Gasteiger partial charge in [-0.1, -0.05) is 54.6 Å². The molecule has 0 amide bonds. The van der Waals surface area contributed by atoms with Crippen LogP contribution in [0.5, 0.6) is 0 Å². The third kappa shape index (κ3) is 6.64. The molecule has 0 aromatic heterocycles. The predicted octanol–water partition coefficient (Wildman–Crippen LogP) is 3.64. The lowest BCUT2D eigenvalue weighted by Crippen LogP contribution is -2.44. The fourth-order valence-electron chi connectivity index (χ4n) is 4.06. The Labute approximate surface area is 189 Å². The van der Waals surface area contributed by atoms with Crippen LogP contribution in [0.4, 0.5) is 0 Å². The van der Waals surface area contributed by atoms with Gasteiger partial charge in [-0.25, -0.2) is 9.59 Å². The Morgan fingerprint density at radius 2 is 1.50 bits per heavy atom. The molecule has 2 aliphatic rings. The number of benzene rings is 2. The third-order valence-electron chi connectivity index (χ3n) is 5.82. The van der Waals surface area contributed by atoms with Gasteiger partial charge in [0.05, 0.1) is 0 Å². The number of hydrogen-bond acceptors (Lipinski definition) is 4. The molecule has 2 N–H and O–H groups in total. The lowest BCUT2D eigenvalue weighted by atomic mass is 9.94. The number of fused-ring (bicyclic) bond motifs is 1. The van der Waals surface area contributed by atoms with Crippen molar-refractivity contribution in [3.05, 3.63) is 77.9 Å². The van der Waals surface area contributed by atoms with Gasteiger partial charge in [-0.15, -0.1) is 0 Å². The van der Waals surface area contributed by atoms with Crippen LogP contribution in [0, 0.1) is 0 Å². The SMILES string of the molecule is CN1CCN(CCC2=CCc3c2cccc3-c2ccccc2)CC1.O=C(O)C=CC(=O)O. The highest BCUT2D eigenvalue weighted by molar-refractivity contribution is 5.89. The van der Waals surface area contributed by atoms with Crippen LogP contribution < -0.4 is 0 Å². The van der Waals surface area contributed by atoms with Crippen molar-refractivity contribution in [1.29, 1.82) is 0 Å². The van der Waals surface area contributed by atoms with Gasteiger partial charge >= 0.3 is 11.9 Å². The van der Waals surface area contributed by atoms with Crippen LogP contribution in [0.2, 0.25) is 0 Å². The van der Waals surface area contributed by atoms with Crippen LogP contribution >= 0.6 is 0 Å². The summed E-state index contributed by atoms with van der Waals surface area (Å²) in [7, 11) is 2.22. The normalized spacial score (nSPS) is 16.2. The Bertz CT molecular complexity index is 974. The molecular formula is C26H30N2O4. The van der Waals surface area contributed by atoms with Crippen molar-refractivity contribution < 1.29 is 19.8 Å². The maximum Gasteiger partial charge on any atom is 0.328 e. The van der Waals surface area contributed by atoms with Crippen LogP contribution in [-0.2, 0) is 16.0 Å². The van der Waals surface area contributed by atoms with Crippen LogP contribution in [0.25, 0.3) is 16.7 Å². The molecule has 1 heterocycles. The Morgan fingerprint density at radius 1 is 0.875 bits per heavy atom. The summed E-state index contributed by atoms with van der Waals surface area (Å²) in [5.74, 6) is -2.51. The zero-order valence-electron chi connectivity index (χ0n) is 18.4. The molecule has 1 fully saturated rings. The minimum Gasteiger partial charge on any atom is -0.478 e. The van der Waals surface area contributed by atoms with Crippen LogP contribution in [0.15, 0.2) is 66.8 Å². The molecule has 0 bridgehead atoms. The van der Waals surface area contributed by atoms with Crippen molar-refractivity contribution in [2.75, 3.05) is 39.8 Å². The highest BCUT2D eigenvalue weighted by atomic mass is 16.4. The van der Waals surface area contributed by atoms with E-state index in [1.165, 1.54) is 61.4 Å². The molecular weight excluding hydrogens is 404 g/mol. The monoisotopic (exact) mass is 434 g/mol. The van der Waals surface area contributed by atoms with Crippen molar-refractivity contribution >= 4 is 17.5 Å². The number of likely N-dealkylation sites (N-methyl/N-ethyl adjacent to an activating group) is 1. The zero-order valence-corrected chi connectivity index (χ0v) is 18.4. The molecule has 6 nitrogen and oxygen atoms in total. The van der Waals surface area contributed by atoms with E-state index < -0.39 is 11.9 Å². The topological polar surface area (TPSA) is 81.1 Å². The van der Waals surface area contributed by atoms with E-state index in [4.69, 9.17) is 10.2 Å². The summed E-state index contributed by atoms with van der Waals surface area (Å²) in [6.45, 7) is 6.01. The Kier molecular flexibility index (Phi) is 8.36. The predicted molar refractivity (Wildman–Crippen MR) is 127 cm³/mol. The molecule has 0 spiro atoms. The molecule has 168 valence electrons. The van der Waals surface area contributed by atoms with E-state index in [2.05, 4.69) is 71.5 Å². The summed E-state index contributed by atoms with van der Waals surface area (Å²) in [5.41, 5.74) is 7.27. The molecule has 2 aromatic rings. The maximum absolute atomic E-state index is 9.55. The van der Waals surface area contributed by atoms with Gasteiger partial charge in [-0.05, 0) is 47.7 Å². The van der Waals surface area contributed by atoms with Crippen molar-refractivity contribution in [3.63, 3.8) is 0 Å². The molecule has 0 unspecified atom stereocenters. The van der Waals surface area contributed by atoms with Crippen molar-refractivity contribution in [1.82, 2.24) is 9.80 Å². The molecule has 1 aliphatic heterocycles. The minimum atomic E-state index is -1.26. The van der Waals surface area contributed by atoms with Crippen LogP contribution in [0.3, 0.4) is 0 Å². The van der Waals surface area contributed by atoms with Crippen molar-refractivity contribution in [2.45, 2.75) is 12.8 Å². The largest absolute Gasteiger partial charge is 0.478 e. The summed E-state index contributed by atoms with van der Waals surface area (Å²) < 4.78 is 0. The Hall–Kier alpha value is -3.22. The van der Waals surface area contributed by atoms with E-state index in [1.807, 2.05) is 0 Å². The smallest absolute Gasteiger partial charge is 0.328 e. The number of carboxylic acid groups (broad SMARTS) is 2. The van der Waals surface area contributed by atoms with Crippen LogP contribution in [-0.4, -0.2) is 71.7 Å². The van der Waals surface area contributed by atoms with E-state index in [1.54, 1.807) is 5.57 Å². The van der Waals surface area contributed by atoms with Crippen LogP contribution in [0.1, 0.15) is 17.5 Å². The van der Waals surface area contributed by atoms with Gasteiger partial charge in [0.15, 0.2) is 0 Å². The first-order chi connectivity index (χ1) is 15.4. The zero-order chi connectivity index (χ0) is 22.9. The summed E-state index contributed by atoms with van der Waals surface area (Å²) in [6, 6.07) is 17.6. The number of nitrogens with zero attached hydrogens (tertiary/aromatic N) is 2.